The van der Waals surface area contributed by atoms with Crippen LogP contribution in [0.5, 0.6) is 11.5 Å². The van der Waals surface area contributed by atoms with Gasteiger partial charge in [-0.25, -0.2) is 0 Å². The first-order chi connectivity index (χ1) is 9.86. The monoisotopic (exact) mass is 258 g/mol. The highest BCUT2D eigenvalue weighted by atomic mass is 16.7. The van der Waals surface area contributed by atoms with Crippen LogP contribution in [-0.2, 0) is 5.41 Å². The van der Waals surface area contributed by atoms with Crippen LogP contribution in [0.25, 0.3) is 0 Å². The van der Waals surface area contributed by atoms with Crippen molar-refractivity contribution in [1.29, 1.82) is 0 Å². The summed E-state index contributed by atoms with van der Waals surface area (Å²) in [5.41, 5.74) is 1.75. The molecule has 0 aromatic heterocycles. The number of allylic oxidation sites excluding steroid dienone is 2. The Morgan fingerprint density at radius 2 is 1.80 bits per heavy atom. The van der Waals surface area contributed by atoms with Crippen LogP contribution in [0.15, 0.2) is 60.7 Å². The van der Waals surface area contributed by atoms with E-state index in [1.807, 2.05) is 48.6 Å². The Hall–Kier alpha value is -2.48. The number of para-hydroxylation sites is 1. The van der Waals surface area contributed by atoms with Crippen molar-refractivity contribution in [3.63, 3.8) is 0 Å². The Labute approximate surface area is 117 Å². The first-order valence-corrected chi connectivity index (χ1v) is 6.63. The third-order valence-corrected chi connectivity index (χ3v) is 4.30. The van der Waals surface area contributed by atoms with E-state index in [4.69, 9.17) is 9.47 Å². The molecule has 2 heteroatoms. The zero-order chi connectivity index (χ0) is 13.2. The fraction of sp³-hybridized carbons (Fsp3) is 0.111. The van der Waals surface area contributed by atoms with Gasteiger partial charge in [-0.05, 0) is 24.3 Å². The quantitative estimate of drug-likeness (QED) is 0.722. The van der Waals surface area contributed by atoms with E-state index in [-0.39, 0.29) is 0 Å². The highest BCUT2D eigenvalue weighted by Gasteiger charge is 2.66. The standard InChI is InChI=1S/C18H10O2/c1-3-9-15-13(7-1)17-11-5-6-12-18(17,19-15)20-16-10-4-2-8-14(16)17/h1,3-11H. The van der Waals surface area contributed by atoms with Crippen LogP contribution in [-0.4, -0.2) is 5.79 Å². The molecule has 5 rings (SSSR count). The van der Waals surface area contributed by atoms with Crippen molar-refractivity contribution in [3.05, 3.63) is 84.0 Å². The Morgan fingerprint density at radius 1 is 0.950 bits per heavy atom. The van der Waals surface area contributed by atoms with E-state index < -0.39 is 11.2 Å². The third-order valence-electron chi connectivity index (χ3n) is 4.30. The molecule has 1 aliphatic carbocycles. The lowest BCUT2D eigenvalue weighted by Crippen LogP contribution is -2.51. The van der Waals surface area contributed by atoms with Crippen LogP contribution in [0.2, 0.25) is 0 Å². The van der Waals surface area contributed by atoms with E-state index >= 15 is 0 Å². The van der Waals surface area contributed by atoms with Gasteiger partial charge in [-0.1, -0.05) is 42.5 Å². The van der Waals surface area contributed by atoms with Crippen molar-refractivity contribution in [1.82, 2.24) is 0 Å². The molecule has 2 aliphatic heterocycles. The predicted octanol–water partition coefficient (Wildman–Crippen LogP) is 3.18. The first-order valence-electron chi connectivity index (χ1n) is 6.63. The van der Waals surface area contributed by atoms with Gasteiger partial charge in [0.15, 0.2) is 0 Å². The van der Waals surface area contributed by atoms with Gasteiger partial charge in [0.1, 0.15) is 16.9 Å². The molecule has 2 aromatic carbocycles. The van der Waals surface area contributed by atoms with Crippen LogP contribution in [0, 0.1) is 12.1 Å². The molecule has 2 unspecified atom stereocenters. The summed E-state index contributed by atoms with van der Waals surface area (Å²) in [5.74, 6) is 0.781. The van der Waals surface area contributed by atoms with Gasteiger partial charge in [0.25, 0.3) is 5.79 Å². The van der Waals surface area contributed by atoms with Gasteiger partial charge >= 0.3 is 0 Å². The Bertz CT molecular complexity index is 736. The molecule has 20 heavy (non-hydrogen) atoms. The van der Waals surface area contributed by atoms with E-state index in [2.05, 4.69) is 24.3 Å². The van der Waals surface area contributed by atoms with Gasteiger partial charge < -0.3 is 9.47 Å². The molecule has 2 aromatic rings. The van der Waals surface area contributed by atoms with Gasteiger partial charge in [-0.15, -0.1) is 0 Å². The summed E-state index contributed by atoms with van der Waals surface area (Å²) in [6.07, 6.45) is 9.29. The fourth-order valence-corrected chi connectivity index (χ4v) is 3.50. The molecule has 0 fully saturated rings. The van der Waals surface area contributed by atoms with Gasteiger partial charge in [0, 0.05) is 17.2 Å². The molecule has 3 aliphatic rings. The van der Waals surface area contributed by atoms with Crippen LogP contribution in [0.4, 0.5) is 0 Å². The average molecular weight is 258 g/mol. The van der Waals surface area contributed by atoms with Crippen LogP contribution < -0.4 is 9.47 Å². The van der Waals surface area contributed by atoms with E-state index in [9.17, 15) is 0 Å². The Kier molecular flexibility index (Phi) is 1.63. The summed E-state index contributed by atoms with van der Waals surface area (Å²) in [5, 5.41) is 0. The predicted molar refractivity (Wildman–Crippen MR) is 73.4 cm³/mol. The normalized spacial score (nSPS) is 30.8. The van der Waals surface area contributed by atoms with Crippen molar-refractivity contribution in [3.8, 4) is 11.5 Å². The molecule has 2 heterocycles. The number of benzene rings is 2. The lowest BCUT2D eigenvalue weighted by atomic mass is 9.69. The SMILES string of the molecule is [C]1=CC=CC23c4c[c]ccc4OC12Oc1ccccc13. The van der Waals surface area contributed by atoms with Gasteiger partial charge in [-0.3, -0.25) is 0 Å². The molecule has 0 N–H and O–H groups in total. The van der Waals surface area contributed by atoms with Gasteiger partial charge in [0.05, 0.1) is 0 Å². The number of fused-ring (bicyclic) bond motifs is 2. The van der Waals surface area contributed by atoms with E-state index in [0.717, 1.165) is 22.6 Å². The molecule has 0 spiro atoms. The van der Waals surface area contributed by atoms with E-state index in [1.165, 1.54) is 0 Å². The average Bonchev–Trinajstić information content (AvgIpc) is 2.94. The van der Waals surface area contributed by atoms with Crippen molar-refractivity contribution in [2.24, 2.45) is 0 Å². The molecule has 0 saturated carbocycles. The molecule has 0 bridgehead atoms. The maximum absolute atomic E-state index is 6.17. The van der Waals surface area contributed by atoms with Crippen molar-refractivity contribution >= 4 is 0 Å². The van der Waals surface area contributed by atoms with Crippen LogP contribution >= 0.6 is 0 Å². The summed E-state index contributed by atoms with van der Waals surface area (Å²) in [6, 6.07) is 17.0. The molecule has 2 nitrogen and oxygen atoms in total. The number of ether oxygens (including phenoxy) is 2. The first kappa shape index (κ1) is 10.3. The number of hydrogen-bond donors (Lipinski definition) is 0. The minimum absolute atomic E-state index is 0.453. The lowest BCUT2D eigenvalue weighted by molar-refractivity contribution is -0.0726. The smallest absolute Gasteiger partial charge is 0.296 e. The third kappa shape index (κ3) is 0.924. The maximum Gasteiger partial charge on any atom is 0.296 e. The second-order valence-corrected chi connectivity index (χ2v) is 5.22. The van der Waals surface area contributed by atoms with Crippen LogP contribution in [0.3, 0.4) is 0 Å². The molecule has 0 saturated heterocycles. The largest absolute Gasteiger partial charge is 0.446 e. The number of rotatable bonds is 0. The lowest BCUT2D eigenvalue weighted by Gasteiger charge is -2.34. The van der Waals surface area contributed by atoms with Gasteiger partial charge in [-0.2, -0.15) is 0 Å². The summed E-state index contributed by atoms with van der Waals surface area (Å²) in [4.78, 5) is 0. The maximum atomic E-state index is 6.17. The minimum Gasteiger partial charge on any atom is -0.446 e. The molecule has 2 atom stereocenters. The van der Waals surface area contributed by atoms with Crippen molar-refractivity contribution in [2.45, 2.75) is 11.2 Å². The summed E-state index contributed by atoms with van der Waals surface area (Å²) in [7, 11) is 0. The fourth-order valence-electron chi connectivity index (χ4n) is 3.50. The highest BCUT2D eigenvalue weighted by Crippen LogP contribution is 2.61. The number of hydrogen-bond acceptors (Lipinski definition) is 2. The van der Waals surface area contributed by atoms with E-state index in [1.54, 1.807) is 0 Å². The Morgan fingerprint density at radius 3 is 2.75 bits per heavy atom. The molecule has 0 amide bonds. The molecule has 94 valence electrons. The molecular formula is C18H10O2. The van der Waals surface area contributed by atoms with E-state index in [0.29, 0.717) is 0 Å². The second kappa shape index (κ2) is 3.15. The summed E-state index contributed by atoms with van der Waals surface area (Å²) >= 11 is 0. The summed E-state index contributed by atoms with van der Waals surface area (Å²) in [6.45, 7) is 0. The highest BCUT2D eigenvalue weighted by molar-refractivity contribution is 5.66. The minimum atomic E-state index is -0.914. The molecular weight excluding hydrogens is 248 g/mol. The van der Waals surface area contributed by atoms with Crippen molar-refractivity contribution in [2.75, 3.05) is 0 Å². The Balaban J connectivity index is 1.93. The summed E-state index contributed by atoms with van der Waals surface area (Å²) < 4.78 is 12.3. The molecule has 2 radical (unpaired) electrons. The zero-order valence-corrected chi connectivity index (χ0v) is 10.6. The zero-order valence-electron chi connectivity index (χ0n) is 10.6. The van der Waals surface area contributed by atoms with Crippen LogP contribution in [0.1, 0.15) is 11.1 Å². The van der Waals surface area contributed by atoms with Gasteiger partial charge in [0.2, 0.25) is 0 Å². The van der Waals surface area contributed by atoms with Crippen molar-refractivity contribution < 1.29 is 9.47 Å². The second-order valence-electron chi connectivity index (χ2n) is 5.22. The topological polar surface area (TPSA) is 18.5 Å².